The minimum atomic E-state index is -2.13. The van der Waals surface area contributed by atoms with Gasteiger partial charge in [-0.25, -0.2) is 9.59 Å². The van der Waals surface area contributed by atoms with Gasteiger partial charge in [0.05, 0.1) is 12.1 Å². The number of carbonyl (C=O) groups excluding carboxylic acids is 5. The first kappa shape index (κ1) is 66.0. The number of hydrogen-bond acceptors (Lipinski definition) is 13. The highest BCUT2D eigenvalue weighted by atomic mass is 35.6. The molecule has 4 fully saturated rings. The number of hydrogen-bond donors (Lipinski definition) is 3. The van der Waals surface area contributed by atoms with E-state index in [1.807, 2.05) is 104 Å². The Hall–Kier alpha value is -2.47. The van der Waals surface area contributed by atoms with Crippen molar-refractivity contribution >= 4 is 114 Å². The predicted molar refractivity (Wildman–Crippen MR) is 315 cm³/mol. The van der Waals surface area contributed by atoms with Gasteiger partial charge < -0.3 is 30.0 Å². The lowest BCUT2D eigenvalue weighted by Gasteiger charge is -2.31. The third-order valence-corrected chi connectivity index (χ3v) is 21.0. The van der Waals surface area contributed by atoms with Gasteiger partial charge in [-0.1, -0.05) is 179 Å². The molecule has 12 nitrogen and oxygen atoms in total. The molecule has 0 unspecified atom stereocenters. The summed E-state index contributed by atoms with van der Waals surface area (Å²) in [6.07, 6.45) is 16.9. The van der Waals surface area contributed by atoms with Crippen molar-refractivity contribution in [3.63, 3.8) is 0 Å². The van der Waals surface area contributed by atoms with E-state index in [9.17, 15) is 28.8 Å². The van der Waals surface area contributed by atoms with Crippen LogP contribution < -0.4 is 10.6 Å². The molecule has 2 aliphatic heterocycles. The van der Waals surface area contributed by atoms with Gasteiger partial charge in [-0.3, -0.25) is 19.2 Å². The molecule has 0 radical (unpaired) electrons. The minimum Gasteiger partial charge on any atom is -0.481 e. The third kappa shape index (κ3) is 27.6. The second kappa shape index (κ2) is 36.7. The lowest BCUT2D eigenvalue weighted by atomic mass is 9.76. The van der Waals surface area contributed by atoms with E-state index in [1.54, 1.807) is 0 Å². The number of ether oxygens (including phenoxy) is 3. The molecule has 2 saturated heterocycles. The molecular formula is C57H83Cl3N2O10S4. The van der Waals surface area contributed by atoms with Crippen molar-refractivity contribution in [2.75, 3.05) is 24.7 Å². The summed E-state index contributed by atoms with van der Waals surface area (Å²) in [5.74, 6) is 3.00. The highest BCUT2D eigenvalue weighted by Gasteiger charge is 2.35. The van der Waals surface area contributed by atoms with Gasteiger partial charge in [0.25, 0.3) is 3.79 Å². The summed E-state index contributed by atoms with van der Waals surface area (Å²) in [5.41, 5.74) is 2.07. The highest BCUT2D eigenvalue weighted by Crippen LogP contribution is 2.41. The number of unbranched alkanes of at least 4 members (excludes halogenated alkanes) is 2. The largest absolute Gasteiger partial charge is 0.516 e. The first-order valence-corrected chi connectivity index (χ1v) is 33.3. The van der Waals surface area contributed by atoms with Crippen molar-refractivity contribution in [3.05, 3.63) is 71.8 Å². The molecule has 426 valence electrons. The fourth-order valence-electron chi connectivity index (χ4n) is 9.85. The Morgan fingerprint density at radius 2 is 1.01 bits per heavy atom. The van der Waals surface area contributed by atoms with Crippen LogP contribution in [0.15, 0.2) is 60.7 Å². The molecule has 6 rings (SSSR count). The molecule has 2 heterocycles. The average Bonchev–Trinajstić information content (AvgIpc) is 4.14. The molecule has 4 aliphatic rings. The summed E-state index contributed by atoms with van der Waals surface area (Å²) < 4.78 is 13.1. The van der Waals surface area contributed by atoms with Crippen LogP contribution in [0.3, 0.4) is 0 Å². The molecule has 0 bridgehead atoms. The van der Waals surface area contributed by atoms with Crippen LogP contribution in [0, 0.1) is 35.5 Å². The zero-order chi connectivity index (χ0) is 55.3. The Labute approximate surface area is 483 Å². The molecule has 4 atom stereocenters. The topological polar surface area (TPSA) is 174 Å². The number of carboxylic acid groups (broad SMARTS) is 1. The first-order chi connectivity index (χ1) is 36.4. The van der Waals surface area contributed by atoms with Gasteiger partial charge in [-0.05, 0) is 138 Å². The number of rotatable bonds is 24. The Morgan fingerprint density at radius 1 is 0.592 bits per heavy atom. The summed E-state index contributed by atoms with van der Waals surface area (Å²) in [5, 5.41) is 16.0. The quantitative estimate of drug-likeness (QED) is 0.0298. The van der Waals surface area contributed by atoms with E-state index >= 15 is 0 Å². The highest BCUT2D eigenvalue weighted by molar-refractivity contribution is 8.77. The Kier molecular flexibility index (Phi) is 31.9. The molecule has 19 heteroatoms. The van der Waals surface area contributed by atoms with Crippen molar-refractivity contribution in [1.29, 1.82) is 0 Å². The number of benzene rings is 2. The van der Waals surface area contributed by atoms with Crippen molar-refractivity contribution in [3.8, 4) is 0 Å². The molecule has 2 aromatic carbocycles. The van der Waals surface area contributed by atoms with Crippen LogP contribution in [0.25, 0.3) is 0 Å². The summed E-state index contributed by atoms with van der Waals surface area (Å²) in [6.45, 7) is 8.88. The zero-order valence-corrected chi connectivity index (χ0v) is 50.4. The van der Waals surface area contributed by atoms with Crippen molar-refractivity contribution in [2.24, 2.45) is 35.5 Å². The minimum absolute atomic E-state index is 0.00264. The maximum absolute atomic E-state index is 13.0. The maximum atomic E-state index is 13.0. The van der Waals surface area contributed by atoms with Gasteiger partial charge in [0.15, 0.2) is 0 Å². The van der Waals surface area contributed by atoms with Crippen LogP contribution in [-0.4, -0.2) is 92.1 Å². The van der Waals surface area contributed by atoms with Gasteiger partial charge in [-0.2, -0.15) is 0 Å². The van der Waals surface area contributed by atoms with Gasteiger partial charge in [0.2, 0.25) is 11.8 Å². The monoisotopic (exact) mass is 1190 g/mol. The molecular weight excluding hydrogens is 1110 g/mol. The van der Waals surface area contributed by atoms with E-state index < -0.39 is 27.9 Å². The molecule has 0 spiro atoms. The third-order valence-electron chi connectivity index (χ3n) is 14.5. The van der Waals surface area contributed by atoms with Crippen LogP contribution in [0.4, 0.5) is 4.79 Å². The number of halogens is 3. The van der Waals surface area contributed by atoms with Crippen LogP contribution in [-0.2, 0) is 51.0 Å². The first-order valence-electron chi connectivity index (χ1n) is 27.4. The number of carbonyl (C=O) groups is 6. The fourth-order valence-corrected chi connectivity index (χ4v) is 16.1. The average molecular weight is 1190 g/mol. The van der Waals surface area contributed by atoms with Crippen LogP contribution >= 0.6 is 78.0 Å². The van der Waals surface area contributed by atoms with Gasteiger partial charge in [0, 0.05) is 46.7 Å². The van der Waals surface area contributed by atoms with Crippen LogP contribution in [0.1, 0.15) is 154 Å². The van der Waals surface area contributed by atoms with Crippen LogP contribution in [0.5, 0.6) is 0 Å². The maximum Gasteiger partial charge on any atom is 0.516 e. The normalized spacial score (nSPS) is 22.2. The zero-order valence-electron chi connectivity index (χ0n) is 44.9. The molecule has 3 N–H and O–H groups in total. The Morgan fingerprint density at radius 3 is 1.39 bits per heavy atom. The lowest BCUT2D eigenvalue weighted by Crippen LogP contribution is -2.44. The molecule has 2 saturated carbocycles. The summed E-state index contributed by atoms with van der Waals surface area (Å²) in [6, 6.07) is 18.7. The van der Waals surface area contributed by atoms with Crippen molar-refractivity contribution < 1.29 is 48.1 Å². The van der Waals surface area contributed by atoms with E-state index in [0.29, 0.717) is 54.6 Å². The Balaban J connectivity index is 0.000000275. The summed E-state index contributed by atoms with van der Waals surface area (Å²) in [4.78, 5) is 71.9. The van der Waals surface area contributed by atoms with E-state index in [2.05, 4.69) is 38.3 Å². The number of aliphatic carboxylic acids is 1. The summed E-state index contributed by atoms with van der Waals surface area (Å²) >= 11 is 16.7. The second-order valence-corrected chi connectivity index (χ2v) is 29.0. The lowest BCUT2D eigenvalue weighted by molar-refractivity contribution is -0.144. The number of esters is 2. The van der Waals surface area contributed by atoms with E-state index in [-0.39, 0.29) is 55.4 Å². The molecule has 2 amide bonds. The summed E-state index contributed by atoms with van der Waals surface area (Å²) in [7, 11) is 7.76. The smallest absolute Gasteiger partial charge is 0.481 e. The number of nitrogens with one attached hydrogen (secondary N) is 2. The van der Waals surface area contributed by atoms with Crippen LogP contribution in [0.2, 0.25) is 0 Å². The number of carboxylic acids is 1. The van der Waals surface area contributed by atoms with Gasteiger partial charge >= 0.3 is 24.1 Å². The second-order valence-electron chi connectivity index (χ2n) is 21.2. The standard InChI is InChI=1S/C28H41NO5S2.C21H28Cl3NO3.C8H14O2S2/c1-20(2)22-12-14-23(15-13-22)27(31)29-24(18-21-8-4-3-5-9-21)19-33-28(32)34-26(30)11-7-6-10-25-16-17-35-36-25;1-14(2)16-8-10-17(11-9-16)19(26)25-18(12-15-6-4-3-5-7-15)13-28-20(27)21(22,23)24;9-8(10)4-2-1-3-7-5-6-11-12-7/h3-5,8-9,20,22-25H,6-7,10-19H2,1-2H3,(H,29,31);3-7,14,16-18H,8-13H2,1-2H3,(H,25,26);7H,1-6H2,(H,9,10)/t22?,23?,24-,25-;16?,17?,18-;7-/m111/s1. The molecule has 76 heavy (non-hydrogen) atoms. The van der Waals surface area contributed by atoms with E-state index in [1.165, 1.54) is 30.8 Å². The molecule has 0 aromatic heterocycles. The molecule has 2 aliphatic carbocycles. The number of amides is 2. The predicted octanol–water partition coefficient (Wildman–Crippen LogP) is 14.4. The van der Waals surface area contributed by atoms with E-state index in [4.69, 9.17) is 54.1 Å². The number of alkyl halides is 3. The Bertz CT molecular complexity index is 2010. The fraction of sp³-hybridized carbons (Fsp3) is 0.684. The van der Waals surface area contributed by atoms with Gasteiger partial charge in [0.1, 0.15) is 13.2 Å². The van der Waals surface area contributed by atoms with Crippen molar-refractivity contribution in [2.45, 2.75) is 182 Å². The van der Waals surface area contributed by atoms with E-state index in [0.717, 1.165) is 93.4 Å². The van der Waals surface area contributed by atoms with Crippen molar-refractivity contribution in [1.82, 2.24) is 10.6 Å². The van der Waals surface area contributed by atoms with Gasteiger partial charge in [-0.15, -0.1) is 0 Å². The molecule has 2 aromatic rings. The SMILES string of the molecule is CC(C)C1CCC(C(=O)N[C@@H](COC(=O)C(Cl)(Cl)Cl)Cc2ccccc2)CC1.CC(C)C1CCC(C(=O)N[C@@H](COC(=O)OC(=O)CCCC[C@@H]2CCSS2)Cc2ccccc2)CC1.O=C(O)CCCC[C@@H]1CCSS1.